The third-order valence-electron chi connectivity index (χ3n) is 11.8. The highest BCUT2D eigenvalue weighted by Gasteiger charge is 2.42. The molecular weight excluding hydrogens is 601 g/mol. The van der Waals surface area contributed by atoms with E-state index in [9.17, 15) is 0 Å². The Kier molecular flexibility index (Phi) is 10.9. The molecule has 0 unspecified atom stereocenters. The number of benzene rings is 5. The summed E-state index contributed by atoms with van der Waals surface area (Å²) in [4.78, 5) is 0. The zero-order valence-corrected chi connectivity index (χ0v) is 32.3. The van der Waals surface area contributed by atoms with Gasteiger partial charge in [-0.3, -0.25) is 0 Å². The average molecular weight is 661 g/mol. The predicted molar refractivity (Wildman–Crippen MR) is 219 cm³/mol. The van der Waals surface area contributed by atoms with E-state index >= 15 is 0 Å². The molecule has 2 aliphatic carbocycles. The summed E-state index contributed by atoms with van der Waals surface area (Å²) in [5.74, 6) is 0. The third-order valence-corrected chi connectivity index (χ3v) is 11.8. The molecule has 5 aromatic rings. The zero-order valence-electron chi connectivity index (χ0n) is 32.3. The highest BCUT2D eigenvalue weighted by atomic mass is 14.5. The molecule has 5 aromatic carbocycles. The van der Waals surface area contributed by atoms with E-state index in [1.54, 1.807) is 11.1 Å². The SMILES string of the molecule is CCCCCCC1(CCCCCC)c2cc(C)ccc2-c2ccc(-c3ccc(C)cc3)cc21.Cc1ccc2c(c1)C(C)(C)c1cc(C)ccc1-2. The molecule has 260 valence electrons. The second-order valence-electron chi connectivity index (χ2n) is 16.1. The van der Waals surface area contributed by atoms with Gasteiger partial charge in [0.1, 0.15) is 0 Å². The van der Waals surface area contributed by atoms with E-state index in [2.05, 4.69) is 152 Å². The van der Waals surface area contributed by atoms with Crippen molar-refractivity contribution >= 4 is 0 Å². The number of rotatable bonds is 11. The van der Waals surface area contributed by atoms with Gasteiger partial charge in [-0.2, -0.15) is 0 Å². The van der Waals surface area contributed by atoms with Gasteiger partial charge in [-0.25, -0.2) is 0 Å². The Hall–Kier alpha value is -3.90. The summed E-state index contributed by atoms with van der Waals surface area (Å²) in [6.07, 6.45) is 13.2. The molecule has 0 radical (unpaired) electrons. The summed E-state index contributed by atoms with van der Waals surface area (Å²) in [5, 5.41) is 0. The van der Waals surface area contributed by atoms with Gasteiger partial charge in [-0.15, -0.1) is 0 Å². The monoisotopic (exact) mass is 660 g/mol. The quantitative estimate of drug-likeness (QED) is 0.124. The van der Waals surface area contributed by atoms with Gasteiger partial charge in [0.2, 0.25) is 0 Å². The van der Waals surface area contributed by atoms with E-state index in [0.29, 0.717) is 0 Å². The lowest BCUT2D eigenvalue weighted by molar-refractivity contribution is 0.401. The van der Waals surface area contributed by atoms with Gasteiger partial charge in [0.15, 0.2) is 0 Å². The van der Waals surface area contributed by atoms with E-state index in [1.165, 1.54) is 131 Å². The van der Waals surface area contributed by atoms with Crippen LogP contribution in [-0.4, -0.2) is 0 Å². The summed E-state index contributed by atoms with van der Waals surface area (Å²) in [7, 11) is 0. The Balaban J connectivity index is 0.000000212. The van der Waals surface area contributed by atoms with Crippen molar-refractivity contribution in [3.63, 3.8) is 0 Å². The third kappa shape index (κ3) is 7.01. The molecule has 0 spiro atoms. The minimum absolute atomic E-state index is 0.142. The van der Waals surface area contributed by atoms with Crippen molar-refractivity contribution in [1.29, 1.82) is 0 Å². The van der Waals surface area contributed by atoms with E-state index in [4.69, 9.17) is 0 Å². The smallest absolute Gasteiger partial charge is 0.0215 e. The Morgan fingerprint density at radius 2 is 0.760 bits per heavy atom. The summed E-state index contributed by atoms with van der Waals surface area (Å²) in [5.41, 5.74) is 20.3. The van der Waals surface area contributed by atoms with Gasteiger partial charge in [0, 0.05) is 10.8 Å². The van der Waals surface area contributed by atoms with Gasteiger partial charge in [-0.05, 0) is 102 Å². The molecule has 0 heterocycles. The minimum Gasteiger partial charge on any atom is -0.0654 e. The van der Waals surface area contributed by atoms with Crippen molar-refractivity contribution < 1.29 is 0 Å². The molecule has 0 aromatic heterocycles. The van der Waals surface area contributed by atoms with E-state index in [-0.39, 0.29) is 10.8 Å². The van der Waals surface area contributed by atoms with Crippen LogP contribution >= 0.6 is 0 Å². The molecule has 0 amide bonds. The number of hydrogen-bond donors (Lipinski definition) is 0. The Morgan fingerprint density at radius 1 is 0.380 bits per heavy atom. The highest BCUT2D eigenvalue weighted by molar-refractivity contribution is 5.84. The second kappa shape index (κ2) is 15.1. The lowest BCUT2D eigenvalue weighted by atomic mass is 9.70. The predicted octanol–water partition coefficient (Wildman–Crippen LogP) is 14.8. The van der Waals surface area contributed by atoms with Crippen LogP contribution in [-0.2, 0) is 10.8 Å². The Morgan fingerprint density at radius 3 is 1.24 bits per heavy atom. The van der Waals surface area contributed by atoms with E-state index in [1.807, 2.05) is 0 Å². The molecule has 0 N–H and O–H groups in total. The molecular formula is C50H60. The molecule has 0 saturated carbocycles. The van der Waals surface area contributed by atoms with Crippen molar-refractivity contribution in [3.05, 3.63) is 142 Å². The summed E-state index contributed by atoms with van der Waals surface area (Å²) < 4.78 is 0. The summed E-state index contributed by atoms with van der Waals surface area (Å²) in [6.45, 7) is 18.1. The summed E-state index contributed by atoms with van der Waals surface area (Å²) in [6, 6.07) is 37.2. The van der Waals surface area contributed by atoms with Crippen LogP contribution in [0.1, 0.15) is 136 Å². The lowest BCUT2D eigenvalue weighted by Gasteiger charge is -2.33. The van der Waals surface area contributed by atoms with Crippen molar-refractivity contribution in [2.45, 2.75) is 130 Å². The van der Waals surface area contributed by atoms with Crippen LogP contribution < -0.4 is 0 Å². The average Bonchev–Trinajstić information content (AvgIpc) is 3.49. The van der Waals surface area contributed by atoms with Gasteiger partial charge >= 0.3 is 0 Å². The first-order valence-corrected chi connectivity index (χ1v) is 19.6. The van der Waals surface area contributed by atoms with Gasteiger partial charge in [-0.1, -0.05) is 192 Å². The minimum atomic E-state index is 0.142. The highest BCUT2D eigenvalue weighted by Crippen LogP contribution is 2.55. The fourth-order valence-corrected chi connectivity index (χ4v) is 8.87. The van der Waals surface area contributed by atoms with Crippen molar-refractivity contribution in [2.75, 3.05) is 0 Å². The van der Waals surface area contributed by atoms with Crippen LogP contribution in [0.15, 0.2) is 97.1 Å². The molecule has 0 aliphatic heterocycles. The number of fused-ring (bicyclic) bond motifs is 6. The molecule has 0 saturated heterocycles. The molecule has 0 nitrogen and oxygen atoms in total. The fourth-order valence-electron chi connectivity index (χ4n) is 8.87. The fraction of sp³-hybridized carbons (Fsp3) is 0.400. The maximum Gasteiger partial charge on any atom is 0.0215 e. The Labute approximate surface area is 304 Å². The summed E-state index contributed by atoms with van der Waals surface area (Å²) >= 11 is 0. The zero-order chi connectivity index (χ0) is 35.5. The molecule has 0 bridgehead atoms. The largest absolute Gasteiger partial charge is 0.0654 e. The normalized spacial score (nSPS) is 14.3. The molecule has 2 aliphatic rings. The number of hydrogen-bond acceptors (Lipinski definition) is 0. The van der Waals surface area contributed by atoms with Crippen LogP contribution in [0.2, 0.25) is 0 Å². The molecule has 7 rings (SSSR count). The van der Waals surface area contributed by atoms with E-state index < -0.39 is 0 Å². The van der Waals surface area contributed by atoms with Gasteiger partial charge < -0.3 is 0 Å². The van der Waals surface area contributed by atoms with E-state index in [0.717, 1.165) is 0 Å². The first kappa shape index (κ1) is 35.9. The van der Waals surface area contributed by atoms with Crippen LogP contribution in [0.4, 0.5) is 0 Å². The van der Waals surface area contributed by atoms with Gasteiger partial charge in [0.05, 0.1) is 0 Å². The standard InChI is InChI=1S/C33H42.C17H18/c1-5-7-9-11-21-33(22-12-10-8-6-2)31-23-26(4)15-19-29(31)30-20-18-28(24-32(30)33)27-16-13-25(3)14-17-27;1-11-5-7-13-14-8-6-12(2)10-16(14)17(3,4)15(13)9-11/h13-20,23-24H,5-12,21-22H2,1-4H3;5-10H,1-4H3. The topological polar surface area (TPSA) is 0 Å². The first-order valence-electron chi connectivity index (χ1n) is 19.6. The molecule has 0 fully saturated rings. The maximum atomic E-state index is 2.55. The number of unbranched alkanes of at least 4 members (excludes halogenated alkanes) is 6. The molecule has 0 heteroatoms. The maximum absolute atomic E-state index is 2.55. The second-order valence-corrected chi connectivity index (χ2v) is 16.1. The van der Waals surface area contributed by atoms with Crippen molar-refractivity contribution in [1.82, 2.24) is 0 Å². The molecule has 0 atom stereocenters. The van der Waals surface area contributed by atoms with Crippen LogP contribution in [0.3, 0.4) is 0 Å². The van der Waals surface area contributed by atoms with Crippen molar-refractivity contribution in [2.24, 2.45) is 0 Å². The number of aryl methyl sites for hydroxylation is 4. The van der Waals surface area contributed by atoms with Crippen LogP contribution in [0.5, 0.6) is 0 Å². The van der Waals surface area contributed by atoms with Crippen LogP contribution in [0.25, 0.3) is 33.4 Å². The van der Waals surface area contributed by atoms with Crippen molar-refractivity contribution in [3.8, 4) is 33.4 Å². The Bertz CT molecular complexity index is 1870. The molecule has 50 heavy (non-hydrogen) atoms. The first-order chi connectivity index (χ1) is 24.1. The lowest BCUT2D eigenvalue weighted by Crippen LogP contribution is -2.25. The van der Waals surface area contributed by atoms with Crippen LogP contribution in [0, 0.1) is 27.7 Å². The van der Waals surface area contributed by atoms with Gasteiger partial charge in [0.25, 0.3) is 0 Å².